The van der Waals surface area contributed by atoms with Crippen LogP contribution in [0.5, 0.6) is 0 Å². The first-order valence-corrected chi connectivity index (χ1v) is 6.46. The third kappa shape index (κ3) is 5.48. The van der Waals surface area contributed by atoms with Crippen molar-refractivity contribution in [2.75, 3.05) is 52.5 Å². The van der Waals surface area contributed by atoms with Crippen LogP contribution in [0.15, 0.2) is 0 Å². The lowest BCUT2D eigenvalue weighted by Crippen LogP contribution is -2.36. The Hall–Kier alpha value is -0.650. The summed E-state index contributed by atoms with van der Waals surface area (Å²) in [6.45, 7) is 7.45. The number of hydrogen-bond donors (Lipinski definition) is 1. The van der Waals surface area contributed by atoms with Crippen LogP contribution in [-0.4, -0.2) is 73.4 Å². The summed E-state index contributed by atoms with van der Waals surface area (Å²) >= 11 is 0. The topological polar surface area (TPSA) is 53.0 Å². The maximum atomic E-state index is 11.9. The van der Waals surface area contributed by atoms with E-state index in [0.29, 0.717) is 26.2 Å². The predicted octanol–water partition coefficient (Wildman–Crippen LogP) is -0.0604. The van der Waals surface area contributed by atoms with Crippen molar-refractivity contribution < 1.29 is 14.6 Å². The van der Waals surface area contributed by atoms with Crippen molar-refractivity contribution in [1.82, 2.24) is 9.80 Å². The minimum Gasteiger partial charge on any atom is -0.395 e. The normalized spacial score (nSPS) is 18.1. The van der Waals surface area contributed by atoms with Crippen molar-refractivity contribution in [3.8, 4) is 0 Å². The number of β-amino-alcohol motifs (C(OH)–C–C–N with tert-alkyl or cyclic N) is 1. The van der Waals surface area contributed by atoms with Gasteiger partial charge in [-0.3, -0.25) is 9.69 Å². The summed E-state index contributed by atoms with van der Waals surface area (Å²) in [6.07, 6.45) is 1.47. The molecule has 5 heteroatoms. The first kappa shape index (κ1) is 14.4. The largest absolute Gasteiger partial charge is 0.395 e. The SMILES string of the molecule is CCOCCC(=O)N1CCCN(CCO)CC1. The standard InChI is InChI=1S/C12H24N2O3/c1-2-17-11-4-12(16)14-6-3-5-13(7-8-14)9-10-15/h15H,2-11H2,1H3. The molecule has 5 nitrogen and oxygen atoms in total. The van der Waals surface area contributed by atoms with E-state index in [9.17, 15) is 4.79 Å². The lowest BCUT2D eigenvalue weighted by molar-refractivity contribution is -0.132. The number of nitrogens with zero attached hydrogens (tertiary/aromatic N) is 2. The Bertz CT molecular complexity index is 224. The van der Waals surface area contributed by atoms with Gasteiger partial charge in [0.1, 0.15) is 0 Å². The number of ether oxygens (including phenoxy) is 1. The monoisotopic (exact) mass is 244 g/mol. The quantitative estimate of drug-likeness (QED) is 0.665. The van der Waals surface area contributed by atoms with Crippen molar-refractivity contribution in [2.45, 2.75) is 19.8 Å². The predicted molar refractivity (Wildman–Crippen MR) is 65.8 cm³/mol. The molecule has 0 saturated carbocycles. The van der Waals surface area contributed by atoms with Crippen LogP contribution in [0.3, 0.4) is 0 Å². The Kier molecular flexibility index (Phi) is 7.16. The molecular formula is C12H24N2O3. The fourth-order valence-electron chi connectivity index (χ4n) is 2.05. The maximum absolute atomic E-state index is 11.9. The van der Waals surface area contributed by atoms with Crippen LogP contribution in [0.2, 0.25) is 0 Å². The molecule has 0 radical (unpaired) electrons. The molecule has 100 valence electrons. The van der Waals surface area contributed by atoms with Gasteiger partial charge in [-0.1, -0.05) is 0 Å². The van der Waals surface area contributed by atoms with Gasteiger partial charge in [-0.25, -0.2) is 0 Å². The minimum atomic E-state index is 0.185. The van der Waals surface area contributed by atoms with Gasteiger partial charge in [0.05, 0.1) is 19.6 Å². The zero-order chi connectivity index (χ0) is 12.5. The summed E-state index contributed by atoms with van der Waals surface area (Å²) < 4.78 is 5.19. The fraction of sp³-hybridized carbons (Fsp3) is 0.917. The molecule has 0 aliphatic carbocycles. The minimum absolute atomic E-state index is 0.185. The summed E-state index contributed by atoms with van der Waals surface area (Å²) in [6, 6.07) is 0. The van der Waals surface area contributed by atoms with Crippen LogP contribution in [-0.2, 0) is 9.53 Å². The van der Waals surface area contributed by atoms with Gasteiger partial charge in [0, 0.05) is 32.8 Å². The Morgan fingerprint density at radius 3 is 2.82 bits per heavy atom. The summed E-state index contributed by atoms with van der Waals surface area (Å²) in [4.78, 5) is 16.0. The van der Waals surface area contributed by atoms with Gasteiger partial charge in [0.15, 0.2) is 0 Å². The van der Waals surface area contributed by atoms with Crippen LogP contribution in [0, 0.1) is 0 Å². The van der Waals surface area contributed by atoms with E-state index in [0.717, 1.165) is 32.6 Å². The molecule has 0 spiro atoms. The van der Waals surface area contributed by atoms with Gasteiger partial charge in [0.2, 0.25) is 5.91 Å². The number of carbonyl (C=O) groups excluding carboxylic acids is 1. The summed E-state index contributed by atoms with van der Waals surface area (Å²) in [5.41, 5.74) is 0. The first-order chi connectivity index (χ1) is 8.27. The van der Waals surface area contributed by atoms with Gasteiger partial charge in [-0.2, -0.15) is 0 Å². The maximum Gasteiger partial charge on any atom is 0.224 e. The average Bonchev–Trinajstić information content (AvgIpc) is 2.55. The number of hydrogen-bond acceptors (Lipinski definition) is 4. The van der Waals surface area contributed by atoms with E-state index >= 15 is 0 Å². The summed E-state index contributed by atoms with van der Waals surface area (Å²) in [7, 11) is 0. The Labute approximate surface area is 103 Å². The van der Waals surface area contributed by atoms with E-state index in [4.69, 9.17) is 9.84 Å². The van der Waals surface area contributed by atoms with Crippen molar-refractivity contribution in [3.05, 3.63) is 0 Å². The van der Waals surface area contributed by atoms with E-state index < -0.39 is 0 Å². The molecule has 1 fully saturated rings. The summed E-state index contributed by atoms with van der Waals surface area (Å²) in [5, 5.41) is 8.89. The second-order valence-electron chi connectivity index (χ2n) is 4.25. The molecule has 1 rings (SSSR count). The van der Waals surface area contributed by atoms with E-state index in [1.807, 2.05) is 11.8 Å². The second kappa shape index (κ2) is 8.44. The molecule has 0 aromatic heterocycles. The molecule has 1 saturated heterocycles. The molecule has 1 aliphatic heterocycles. The van der Waals surface area contributed by atoms with Crippen LogP contribution >= 0.6 is 0 Å². The van der Waals surface area contributed by atoms with E-state index in [1.54, 1.807) is 0 Å². The molecule has 0 atom stereocenters. The van der Waals surface area contributed by atoms with E-state index in [2.05, 4.69) is 4.90 Å². The third-order valence-corrected chi connectivity index (χ3v) is 3.02. The third-order valence-electron chi connectivity index (χ3n) is 3.02. The van der Waals surface area contributed by atoms with E-state index in [1.165, 1.54) is 0 Å². The highest BCUT2D eigenvalue weighted by Crippen LogP contribution is 2.04. The molecule has 17 heavy (non-hydrogen) atoms. The zero-order valence-electron chi connectivity index (χ0n) is 10.7. The average molecular weight is 244 g/mol. The van der Waals surface area contributed by atoms with Crippen molar-refractivity contribution in [3.63, 3.8) is 0 Å². The molecule has 1 N–H and O–H groups in total. The molecule has 0 aromatic rings. The van der Waals surface area contributed by atoms with Crippen molar-refractivity contribution in [2.24, 2.45) is 0 Å². The summed E-state index contributed by atoms with van der Waals surface area (Å²) in [5.74, 6) is 0.185. The highest BCUT2D eigenvalue weighted by Gasteiger charge is 2.18. The number of amides is 1. The van der Waals surface area contributed by atoms with Crippen LogP contribution in [0.1, 0.15) is 19.8 Å². The van der Waals surface area contributed by atoms with Gasteiger partial charge >= 0.3 is 0 Å². The van der Waals surface area contributed by atoms with Crippen molar-refractivity contribution >= 4 is 5.91 Å². The Morgan fingerprint density at radius 1 is 1.29 bits per heavy atom. The second-order valence-corrected chi connectivity index (χ2v) is 4.25. The number of aliphatic hydroxyl groups is 1. The van der Waals surface area contributed by atoms with Crippen molar-refractivity contribution in [1.29, 1.82) is 0 Å². The molecule has 0 bridgehead atoms. The zero-order valence-corrected chi connectivity index (χ0v) is 10.7. The highest BCUT2D eigenvalue weighted by molar-refractivity contribution is 5.76. The fourth-order valence-corrected chi connectivity index (χ4v) is 2.05. The van der Waals surface area contributed by atoms with Crippen LogP contribution in [0.25, 0.3) is 0 Å². The number of carbonyl (C=O) groups is 1. The van der Waals surface area contributed by atoms with Gasteiger partial charge in [0.25, 0.3) is 0 Å². The molecule has 0 unspecified atom stereocenters. The lowest BCUT2D eigenvalue weighted by Gasteiger charge is -2.21. The van der Waals surface area contributed by atoms with Gasteiger partial charge < -0.3 is 14.7 Å². The molecule has 1 amide bonds. The van der Waals surface area contributed by atoms with Crippen LogP contribution < -0.4 is 0 Å². The van der Waals surface area contributed by atoms with E-state index in [-0.39, 0.29) is 12.5 Å². The molecule has 1 aliphatic rings. The van der Waals surface area contributed by atoms with Gasteiger partial charge in [-0.05, 0) is 19.9 Å². The lowest BCUT2D eigenvalue weighted by atomic mass is 10.3. The Morgan fingerprint density at radius 2 is 2.12 bits per heavy atom. The molecular weight excluding hydrogens is 220 g/mol. The number of aliphatic hydroxyl groups excluding tert-OH is 1. The number of rotatable bonds is 6. The van der Waals surface area contributed by atoms with Crippen LogP contribution in [0.4, 0.5) is 0 Å². The highest BCUT2D eigenvalue weighted by atomic mass is 16.5. The smallest absolute Gasteiger partial charge is 0.224 e. The molecule has 1 heterocycles. The van der Waals surface area contributed by atoms with Gasteiger partial charge in [-0.15, -0.1) is 0 Å². The molecule has 0 aromatic carbocycles. The first-order valence-electron chi connectivity index (χ1n) is 6.46. The Balaban J connectivity index is 2.27.